The molecular formula is C21H26BrF3O2. The third-order valence-corrected chi connectivity index (χ3v) is 6.93. The molecule has 0 aromatic heterocycles. The normalized spacial score (nSPS) is 24.2. The van der Waals surface area contributed by atoms with Crippen molar-refractivity contribution in [2.24, 2.45) is 17.8 Å². The van der Waals surface area contributed by atoms with E-state index < -0.39 is 11.7 Å². The number of alkyl halides is 3. The van der Waals surface area contributed by atoms with Gasteiger partial charge in [-0.1, -0.05) is 38.5 Å². The quantitative estimate of drug-likeness (QED) is 0.453. The molecule has 0 spiro atoms. The Kier molecular flexibility index (Phi) is 6.54. The fourth-order valence-corrected chi connectivity index (χ4v) is 5.68. The molecular weight excluding hydrogens is 421 g/mol. The number of Topliss-reactive ketones (excluding diaryl/α,β-unsaturated/α-hetero) is 1. The molecule has 150 valence electrons. The largest absolute Gasteiger partial charge is 0.496 e. The molecule has 2 nitrogen and oxygen atoms in total. The van der Waals surface area contributed by atoms with Gasteiger partial charge in [0.1, 0.15) is 5.75 Å². The Hall–Kier alpha value is -1.04. The number of carbonyl (C=O) groups is 1. The van der Waals surface area contributed by atoms with E-state index >= 15 is 0 Å². The average Bonchev–Trinajstić information content (AvgIpc) is 3.08. The molecule has 0 bridgehead atoms. The van der Waals surface area contributed by atoms with Gasteiger partial charge >= 0.3 is 6.18 Å². The third-order valence-electron chi connectivity index (χ3n) is 6.30. The summed E-state index contributed by atoms with van der Waals surface area (Å²) < 4.78 is 44.4. The first-order chi connectivity index (χ1) is 12.8. The maximum Gasteiger partial charge on any atom is 0.416 e. The molecule has 6 heteroatoms. The first-order valence-electron chi connectivity index (χ1n) is 9.79. The fourth-order valence-electron chi connectivity index (χ4n) is 5.02. The standard InChI is InChI=1S/C21H26BrF3O2/c1-27-19-12-15(21(23,24)25)11-17(22)20(19)18(26)10-14-8-5-9-16(14)13-6-3-2-4-7-13/h11-14,16H,2-10H2,1H3. The lowest BCUT2D eigenvalue weighted by Crippen LogP contribution is -2.23. The number of carbonyl (C=O) groups excluding carboxylic acids is 1. The van der Waals surface area contributed by atoms with Crippen molar-refractivity contribution in [3.8, 4) is 5.75 Å². The van der Waals surface area contributed by atoms with E-state index in [2.05, 4.69) is 15.9 Å². The summed E-state index contributed by atoms with van der Waals surface area (Å²) in [7, 11) is 1.30. The summed E-state index contributed by atoms with van der Waals surface area (Å²) in [6, 6.07) is 1.90. The number of benzene rings is 1. The van der Waals surface area contributed by atoms with Gasteiger partial charge in [0.25, 0.3) is 0 Å². The van der Waals surface area contributed by atoms with Crippen molar-refractivity contribution in [1.29, 1.82) is 0 Å². The van der Waals surface area contributed by atoms with Crippen LogP contribution in [0.4, 0.5) is 13.2 Å². The molecule has 0 radical (unpaired) electrons. The van der Waals surface area contributed by atoms with Crippen LogP contribution in [0.2, 0.25) is 0 Å². The predicted molar refractivity (Wildman–Crippen MR) is 102 cm³/mol. The first-order valence-corrected chi connectivity index (χ1v) is 10.6. The molecule has 0 aliphatic heterocycles. The predicted octanol–water partition coefficient (Wildman–Crippen LogP) is 7.05. The summed E-state index contributed by atoms with van der Waals surface area (Å²) in [6.07, 6.45) is 5.64. The lowest BCUT2D eigenvalue weighted by atomic mass is 9.74. The smallest absolute Gasteiger partial charge is 0.416 e. The van der Waals surface area contributed by atoms with Crippen LogP contribution in [-0.4, -0.2) is 12.9 Å². The van der Waals surface area contributed by atoms with E-state index in [1.807, 2.05) is 0 Å². The minimum Gasteiger partial charge on any atom is -0.496 e. The van der Waals surface area contributed by atoms with Crippen molar-refractivity contribution in [3.63, 3.8) is 0 Å². The molecule has 2 fully saturated rings. The second-order valence-corrected chi connectivity index (χ2v) is 8.77. The maximum atomic E-state index is 13.0. The van der Waals surface area contributed by atoms with Gasteiger partial charge in [0, 0.05) is 10.9 Å². The van der Waals surface area contributed by atoms with Crippen LogP contribution in [-0.2, 0) is 6.18 Å². The molecule has 2 atom stereocenters. The first kappa shape index (κ1) is 20.7. The Morgan fingerprint density at radius 3 is 2.44 bits per heavy atom. The van der Waals surface area contributed by atoms with Crippen molar-refractivity contribution < 1.29 is 22.7 Å². The highest BCUT2D eigenvalue weighted by atomic mass is 79.9. The second kappa shape index (κ2) is 8.54. The van der Waals surface area contributed by atoms with E-state index in [-0.39, 0.29) is 21.6 Å². The monoisotopic (exact) mass is 446 g/mol. The van der Waals surface area contributed by atoms with Gasteiger partial charge in [-0.15, -0.1) is 0 Å². The number of ether oxygens (including phenoxy) is 1. The number of hydrogen-bond acceptors (Lipinski definition) is 2. The van der Waals surface area contributed by atoms with Crippen LogP contribution >= 0.6 is 15.9 Å². The van der Waals surface area contributed by atoms with Crippen LogP contribution in [0.1, 0.15) is 73.7 Å². The highest BCUT2D eigenvalue weighted by molar-refractivity contribution is 9.10. The summed E-state index contributed by atoms with van der Waals surface area (Å²) in [4.78, 5) is 13.0. The van der Waals surface area contributed by atoms with E-state index in [0.29, 0.717) is 24.2 Å². The van der Waals surface area contributed by atoms with E-state index in [1.54, 1.807) is 0 Å². The van der Waals surface area contributed by atoms with Gasteiger partial charge < -0.3 is 4.74 Å². The molecule has 0 saturated heterocycles. The second-order valence-electron chi connectivity index (χ2n) is 7.91. The van der Waals surface area contributed by atoms with E-state index in [0.717, 1.165) is 25.0 Å². The molecule has 0 heterocycles. The molecule has 2 saturated carbocycles. The molecule has 2 aliphatic rings. The average molecular weight is 447 g/mol. The number of ketones is 1. The third kappa shape index (κ3) is 4.69. The zero-order valence-corrected chi connectivity index (χ0v) is 17.2. The van der Waals surface area contributed by atoms with Crippen molar-refractivity contribution in [1.82, 2.24) is 0 Å². The Bertz CT molecular complexity index is 681. The number of halogens is 4. The Balaban J connectivity index is 1.79. The molecule has 1 aromatic carbocycles. The highest BCUT2D eigenvalue weighted by Crippen LogP contribution is 2.45. The molecule has 2 aliphatic carbocycles. The van der Waals surface area contributed by atoms with Crippen LogP contribution in [0.3, 0.4) is 0 Å². The van der Waals surface area contributed by atoms with Crippen molar-refractivity contribution >= 4 is 21.7 Å². The van der Waals surface area contributed by atoms with Crippen LogP contribution in [0.25, 0.3) is 0 Å². The van der Waals surface area contributed by atoms with E-state index in [9.17, 15) is 18.0 Å². The van der Waals surface area contributed by atoms with Gasteiger partial charge in [-0.3, -0.25) is 4.79 Å². The zero-order chi connectivity index (χ0) is 19.6. The molecule has 0 amide bonds. The number of hydrogen-bond donors (Lipinski definition) is 0. The lowest BCUT2D eigenvalue weighted by Gasteiger charge is -2.31. The van der Waals surface area contributed by atoms with Crippen LogP contribution in [0.15, 0.2) is 16.6 Å². The molecule has 2 unspecified atom stereocenters. The minimum atomic E-state index is -4.48. The van der Waals surface area contributed by atoms with E-state index in [4.69, 9.17) is 4.74 Å². The molecule has 0 N–H and O–H groups in total. The van der Waals surface area contributed by atoms with Crippen LogP contribution in [0.5, 0.6) is 5.75 Å². The highest BCUT2D eigenvalue weighted by Gasteiger charge is 2.37. The summed E-state index contributed by atoms with van der Waals surface area (Å²) in [5.74, 6) is 1.49. The number of methoxy groups -OCH3 is 1. The Morgan fingerprint density at radius 1 is 1.11 bits per heavy atom. The van der Waals surface area contributed by atoms with Crippen LogP contribution < -0.4 is 4.74 Å². The Morgan fingerprint density at radius 2 is 1.81 bits per heavy atom. The van der Waals surface area contributed by atoms with Crippen molar-refractivity contribution in [2.75, 3.05) is 7.11 Å². The van der Waals surface area contributed by atoms with Gasteiger partial charge in [-0.25, -0.2) is 0 Å². The topological polar surface area (TPSA) is 26.3 Å². The fraction of sp³-hybridized carbons (Fsp3) is 0.667. The van der Waals surface area contributed by atoms with Gasteiger partial charge in [-0.2, -0.15) is 13.2 Å². The summed E-state index contributed by atoms with van der Waals surface area (Å²) in [6.45, 7) is 0. The molecule has 3 rings (SSSR count). The summed E-state index contributed by atoms with van der Waals surface area (Å²) in [5.41, 5.74) is -0.580. The van der Waals surface area contributed by atoms with Gasteiger partial charge in [0.2, 0.25) is 0 Å². The zero-order valence-electron chi connectivity index (χ0n) is 15.6. The summed E-state index contributed by atoms with van der Waals surface area (Å²) in [5, 5.41) is 0. The van der Waals surface area contributed by atoms with Gasteiger partial charge in [0.15, 0.2) is 5.78 Å². The molecule has 27 heavy (non-hydrogen) atoms. The van der Waals surface area contributed by atoms with Crippen molar-refractivity contribution in [2.45, 2.75) is 64.0 Å². The SMILES string of the molecule is COc1cc(C(F)(F)F)cc(Br)c1C(=O)CC1CCCC1C1CCCCC1. The van der Waals surface area contributed by atoms with Gasteiger partial charge in [0.05, 0.1) is 18.2 Å². The maximum absolute atomic E-state index is 13.0. The summed E-state index contributed by atoms with van der Waals surface area (Å²) >= 11 is 3.17. The van der Waals surface area contributed by atoms with Crippen LogP contribution in [0, 0.1) is 17.8 Å². The molecule has 1 aromatic rings. The Labute approximate surface area is 167 Å². The van der Waals surface area contributed by atoms with E-state index in [1.165, 1.54) is 45.6 Å². The lowest BCUT2D eigenvalue weighted by molar-refractivity contribution is -0.137. The minimum absolute atomic E-state index is 0.00564. The number of rotatable bonds is 5. The van der Waals surface area contributed by atoms with Crippen molar-refractivity contribution in [3.05, 3.63) is 27.7 Å². The van der Waals surface area contributed by atoms with Gasteiger partial charge in [-0.05, 0) is 58.7 Å².